The number of hydrogen-bond acceptors (Lipinski definition) is 4. The molecule has 114 valence electrons. The maximum absolute atomic E-state index is 12.4. The molecule has 0 bridgehead atoms. The lowest BCUT2D eigenvalue weighted by molar-refractivity contribution is -0.120. The van der Waals surface area contributed by atoms with Crippen LogP contribution in [0.2, 0.25) is 0 Å². The van der Waals surface area contributed by atoms with Crippen molar-refractivity contribution in [2.45, 2.75) is 19.9 Å². The molecule has 0 aromatic heterocycles. The number of amides is 2. The molecule has 21 heavy (non-hydrogen) atoms. The van der Waals surface area contributed by atoms with Crippen LogP contribution < -0.4 is 16.4 Å². The second-order valence-electron chi connectivity index (χ2n) is 5.14. The first-order valence-corrected chi connectivity index (χ1v) is 7.06. The van der Waals surface area contributed by atoms with Crippen LogP contribution in [0, 0.1) is 12.8 Å². The van der Waals surface area contributed by atoms with Gasteiger partial charge in [0.05, 0.1) is 19.1 Å². The summed E-state index contributed by atoms with van der Waals surface area (Å²) in [6, 6.07) is 5.13. The van der Waals surface area contributed by atoms with Crippen molar-refractivity contribution in [3.05, 3.63) is 29.3 Å². The fourth-order valence-electron chi connectivity index (χ4n) is 2.54. The van der Waals surface area contributed by atoms with Gasteiger partial charge >= 0.3 is 0 Å². The fraction of sp³-hybridized carbons (Fsp3) is 0.467. The van der Waals surface area contributed by atoms with Gasteiger partial charge in [0.1, 0.15) is 0 Å². The van der Waals surface area contributed by atoms with Crippen LogP contribution in [0.3, 0.4) is 0 Å². The number of ether oxygens (including phenoxy) is 1. The lowest BCUT2D eigenvalue weighted by Gasteiger charge is -2.19. The van der Waals surface area contributed by atoms with Gasteiger partial charge < -0.3 is 21.1 Å². The van der Waals surface area contributed by atoms with E-state index in [1.807, 2.05) is 6.92 Å². The maximum atomic E-state index is 12.4. The lowest BCUT2D eigenvalue weighted by atomic mass is 10.0. The van der Waals surface area contributed by atoms with E-state index in [9.17, 15) is 9.59 Å². The van der Waals surface area contributed by atoms with Gasteiger partial charge in [-0.2, -0.15) is 0 Å². The normalized spacial score (nSPS) is 21.2. The highest BCUT2D eigenvalue weighted by Gasteiger charge is 2.33. The molecule has 0 aliphatic carbocycles. The lowest BCUT2D eigenvalue weighted by Crippen LogP contribution is -2.41. The largest absolute Gasteiger partial charge is 0.379 e. The summed E-state index contributed by atoms with van der Waals surface area (Å²) in [6.45, 7) is 5.48. The van der Waals surface area contributed by atoms with Crippen molar-refractivity contribution in [1.82, 2.24) is 5.32 Å². The molecule has 0 spiro atoms. The number of carbonyl (C=O) groups is 2. The van der Waals surface area contributed by atoms with E-state index in [0.717, 1.165) is 6.54 Å². The molecule has 2 unspecified atom stereocenters. The quantitative estimate of drug-likeness (QED) is 0.743. The SMILES string of the molecule is CCNC1COCC1C(=O)Nc1cccc(C(N)=O)c1C. The first-order chi connectivity index (χ1) is 10.0. The predicted octanol–water partition coefficient (Wildman–Crippen LogP) is 0.657. The number of likely N-dealkylation sites (N-methyl/N-ethyl adjacent to an activating group) is 1. The van der Waals surface area contributed by atoms with E-state index in [4.69, 9.17) is 10.5 Å². The Morgan fingerprint density at radius 3 is 2.81 bits per heavy atom. The third kappa shape index (κ3) is 3.40. The molecular formula is C15H21N3O3. The number of nitrogens with two attached hydrogens (primary N) is 1. The summed E-state index contributed by atoms with van der Waals surface area (Å²) in [5.41, 5.74) is 7.02. The average Bonchev–Trinajstić information content (AvgIpc) is 2.89. The highest BCUT2D eigenvalue weighted by atomic mass is 16.5. The summed E-state index contributed by atoms with van der Waals surface area (Å²) in [4.78, 5) is 23.7. The van der Waals surface area contributed by atoms with E-state index >= 15 is 0 Å². The molecule has 6 heteroatoms. The average molecular weight is 291 g/mol. The van der Waals surface area contributed by atoms with Gasteiger partial charge in [0.15, 0.2) is 0 Å². The molecule has 1 aliphatic heterocycles. The number of carbonyl (C=O) groups excluding carboxylic acids is 2. The van der Waals surface area contributed by atoms with Gasteiger partial charge in [-0.25, -0.2) is 0 Å². The summed E-state index contributed by atoms with van der Waals surface area (Å²) in [5, 5.41) is 6.11. The molecule has 1 heterocycles. The predicted molar refractivity (Wildman–Crippen MR) is 80.1 cm³/mol. The molecule has 1 aromatic carbocycles. The molecule has 1 saturated heterocycles. The first kappa shape index (κ1) is 15.5. The Balaban J connectivity index is 2.13. The second kappa shape index (κ2) is 6.69. The Labute approximate surface area is 124 Å². The zero-order valence-corrected chi connectivity index (χ0v) is 12.3. The molecule has 1 aromatic rings. The number of rotatable bonds is 5. The van der Waals surface area contributed by atoms with Gasteiger partial charge in [-0.3, -0.25) is 9.59 Å². The van der Waals surface area contributed by atoms with Crippen molar-refractivity contribution in [2.75, 3.05) is 25.1 Å². The summed E-state index contributed by atoms with van der Waals surface area (Å²) in [6.07, 6.45) is 0. The van der Waals surface area contributed by atoms with E-state index in [-0.39, 0.29) is 17.9 Å². The maximum Gasteiger partial charge on any atom is 0.249 e. The standard InChI is InChI=1S/C15H21N3O3/c1-3-17-13-8-21-7-11(13)15(20)18-12-6-4-5-10(9(12)2)14(16)19/h4-6,11,13,17H,3,7-8H2,1-2H3,(H2,16,19)(H,18,20). The van der Waals surface area contributed by atoms with Crippen molar-refractivity contribution in [3.8, 4) is 0 Å². The van der Waals surface area contributed by atoms with Crippen LogP contribution in [0.25, 0.3) is 0 Å². The number of hydrogen-bond donors (Lipinski definition) is 3. The van der Waals surface area contributed by atoms with E-state index in [0.29, 0.717) is 30.0 Å². The van der Waals surface area contributed by atoms with E-state index in [1.54, 1.807) is 25.1 Å². The molecule has 2 amide bonds. The highest BCUT2D eigenvalue weighted by molar-refractivity contribution is 5.99. The van der Waals surface area contributed by atoms with Gasteiger partial charge in [0.2, 0.25) is 11.8 Å². The van der Waals surface area contributed by atoms with Gasteiger partial charge in [-0.1, -0.05) is 13.0 Å². The van der Waals surface area contributed by atoms with Crippen molar-refractivity contribution in [2.24, 2.45) is 11.7 Å². The summed E-state index contributed by atoms with van der Waals surface area (Å²) in [5.74, 6) is -0.844. The van der Waals surface area contributed by atoms with Crippen molar-refractivity contribution >= 4 is 17.5 Å². The van der Waals surface area contributed by atoms with Gasteiger partial charge in [0, 0.05) is 17.3 Å². The number of benzene rings is 1. The Morgan fingerprint density at radius 2 is 2.14 bits per heavy atom. The van der Waals surface area contributed by atoms with E-state index < -0.39 is 5.91 Å². The molecule has 1 fully saturated rings. The van der Waals surface area contributed by atoms with Crippen LogP contribution in [-0.2, 0) is 9.53 Å². The number of primary amides is 1. The van der Waals surface area contributed by atoms with Crippen LogP contribution in [0.4, 0.5) is 5.69 Å². The summed E-state index contributed by atoms with van der Waals surface area (Å²) >= 11 is 0. The Morgan fingerprint density at radius 1 is 1.38 bits per heavy atom. The summed E-state index contributed by atoms with van der Waals surface area (Å²) < 4.78 is 5.38. The molecule has 2 atom stereocenters. The third-order valence-corrected chi connectivity index (χ3v) is 3.74. The Kier molecular flexibility index (Phi) is 4.93. The molecule has 0 saturated carbocycles. The topological polar surface area (TPSA) is 93.4 Å². The summed E-state index contributed by atoms with van der Waals surface area (Å²) in [7, 11) is 0. The monoisotopic (exact) mass is 291 g/mol. The minimum absolute atomic E-state index is 0.0228. The van der Waals surface area contributed by atoms with E-state index in [1.165, 1.54) is 0 Å². The molecular weight excluding hydrogens is 270 g/mol. The van der Waals surface area contributed by atoms with Crippen LogP contribution in [0.5, 0.6) is 0 Å². The highest BCUT2D eigenvalue weighted by Crippen LogP contribution is 2.21. The van der Waals surface area contributed by atoms with Gasteiger partial charge in [0.25, 0.3) is 0 Å². The third-order valence-electron chi connectivity index (χ3n) is 3.74. The minimum atomic E-state index is -0.502. The molecule has 0 radical (unpaired) electrons. The number of nitrogens with one attached hydrogen (secondary N) is 2. The van der Waals surface area contributed by atoms with Gasteiger partial charge in [-0.15, -0.1) is 0 Å². The smallest absolute Gasteiger partial charge is 0.249 e. The van der Waals surface area contributed by atoms with E-state index in [2.05, 4.69) is 10.6 Å². The second-order valence-corrected chi connectivity index (χ2v) is 5.14. The van der Waals surface area contributed by atoms with Crippen molar-refractivity contribution in [3.63, 3.8) is 0 Å². The van der Waals surface area contributed by atoms with Gasteiger partial charge in [-0.05, 0) is 31.2 Å². The molecule has 4 N–H and O–H groups in total. The first-order valence-electron chi connectivity index (χ1n) is 7.06. The Bertz CT molecular complexity index is 545. The molecule has 1 aliphatic rings. The molecule has 6 nitrogen and oxygen atoms in total. The van der Waals surface area contributed by atoms with Crippen molar-refractivity contribution < 1.29 is 14.3 Å². The zero-order valence-electron chi connectivity index (χ0n) is 12.3. The molecule has 2 rings (SSSR count). The van der Waals surface area contributed by atoms with Crippen LogP contribution in [0.15, 0.2) is 18.2 Å². The minimum Gasteiger partial charge on any atom is -0.379 e. The fourth-order valence-corrected chi connectivity index (χ4v) is 2.54. The van der Waals surface area contributed by atoms with Crippen molar-refractivity contribution in [1.29, 1.82) is 0 Å². The van der Waals surface area contributed by atoms with Crippen LogP contribution >= 0.6 is 0 Å². The Hall–Kier alpha value is -1.92. The van der Waals surface area contributed by atoms with Crippen LogP contribution in [-0.4, -0.2) is 37.6 Å². The zero-order chi connectivity index (χ0) is 15.4. The van der Waals surface area contributed by atoms with Crippen LogP contribution in [0.1, 0.15) is 22.8 Å². The number of anilines is 1.